The number of hydrogen-bond acceptors (Lipinski definition) is 3. The molecule has 0 amide bonds. The maximum atomic E-state index is 5.30. The molecule has 0 aliphatic heterocycles. The maximum Gasteiger partial charge on any atom is 0.0278 e. The summed E-state index contributed by atoms with van der Waals surface area (Å²) < 4.78 is 0. The van der Waals surface area contributed by atoms with Crippen molar-refractivity contribution in [2.45, 2.75) is 4.90 Å². The molecule has 0 saturated heterocycles. The van der Waals surface area contributed by atoms with Gasteiger partial charge in [0.05, 0.1) is 0 Å². The minimum absolute atomic E-state index is 0.622. The fourth-order valence-electron chi connectivity index (χ4n) is 0.743. The van der Waals surface area contributed by atoms with Gasteiger partial charge in [-0.15, -0.1) is 11.8 Å². The second-order valence-corrected chi connectivity index (χ2v) is 3.29. The van der Waals surface area contributed by atoms with Crippen molar-refractivity contribution >= 4 is 11.8 Å². The second kappa shape index (κ2) is 5.80. The zero-order valence-electron chi connectivity index (χ0n) is 6.81. The third kappa shape index (κ3) is 3.55. The molecule has 64 valence electrons. The third-order valence-corrected chi connectivity index (χ3v) is 2.26. The highest BCUT2D eigenvalue weighted by atomic mass is 32.2. The second-order valence-electron chi connectivity index (χ2n) is 2.20. The Morgan fingerprint density at radius 2 is 2.08 bits per heavy atom. The molecule has 0 unspecified atom stereocenters. The van der Waals surface area contributed by atoms with Crippen molar-refractivity contribution in [2.24, 2.45) is 5.73 Å². The Morgan fingerprint density at radius 1 is 1.33 bits per heavy atom. The van der Waals surface area contributed by atoms with Gasteiger partial charge in [0, 0.05) is 29.6 Å². The van der Waals surface area contributed by atoms with Crippen molar-refractivity contribution < 1.29 is 0 Å². The molecular formula is C9H12N2S. The quantitative estimate of drug-likeness (QED) is 0.566. The van der Waals surface area contributed by atoms with Crippen LogP contribution in [0, 0.1) is 0 Å². The predicted octanol–water partition coefficient (Wildman–Crippen LogP) is 1.69. The van der Waals surface area contributed by atoms with Crippen LogP contribution < -0.4 is 5.73 Å². The van der Waals surface area contributed by atoms with E-state index in [0.717, 1.165) is 5.75 Å². The van der Waals surface area contributed by atoms with E-state index in [-0.39, 0.29) is 0 Å². The summed E-state index contributed by atoms with van der Waals surface area (Å²) in [5.74, 6) is 0.973. The van der Waals surface area contributed by atoms with Gasteiger partial charge < -0.3 is 5.73 Å². The van der Waals surface area contributed by atoms with Crippen LogP contribution in [0.1, 0.15) is 0 Å². The van der Waals surface area contributed by atoms with Crippen LogP contribution in [0.3, 0.4) is 0 Å². The van der Waals surface area contributed by atoms with Crippen molar-refractivity contribution in [1.29, 1.82) is 0 Å². The largest absolute Gasteiger partial charge is 0.327 e. The van der Waals surface area contributed by atoms with Gasteiger partial charge in [0.15, 0.2) is 0 Å². The molecule has 1 aromatic rings. The molecular weight excluding hydrogens is 168 g/mol. The summed E-state index contributed by atoms with van der Waals surface area (Å²) in [5.41, 5.74) is 5.30. The minimum Gasteiger partial charge on any atom is -0.327 e. The first-order valence-corrected chi connectivity index (χ1v) is 4.80. The number of hydrogen-bond donors (Lipinski definition) is 1. The van der Waals surface area contributed by atoms with Crippen LogP contribution in [0.25, 0.3) is 0 Å². The predicted molar refractivity (Wildman–Crippen MR) is 53.2 cm³/mol. The van der Waals surface area contributed by atoms with Crippen LogP contribution in [0.15, 0.2) is 41.6 Å². The molecule has 0 radical (unpaired) electrons. The average Bonchev–Trinajstić information content (AvgIpc) is 2.14. The lowest BCUT2D eigenvalue weighted by Crippen LogP contribution is -1.92. The molecule has 0 saturated carbocycles. The first kappa shape index (κ1) is 9.29. The van der Waals surface area contributed by atoms with Crippen molar-refractivity contribution in [3.05, 3.63) is 36.7 Å². The van der Waals surface area contributed by atoms with Gasteiger partial charge in [0.25, 0.3) is 0 Å². The molecule has 0 fully saturated rings. The minimum atomic E-state index is 0.622. The number of aromatic nitrogens is 1. The molecule has 0 spiro atoms. The zero-order valence-corrected chi connectivity index (χ0v) is 7.63. The van der Waals surface area contributed by atoms with E-state index in [9.17, 15) is 0 Å². The lowest BCUT2D eigenvalue weighted by molar-refractivity contribution is 1.25. The van der Waals surface area contributed by atoms with Crippen LogP contribution in [0.5, 0.6) is 0 Å². The first-order chi connectivity index (χ1) is 5.93. The number of thioether (sulfide) groups is 1. The normalized spacial score (nSPS) is 10.8. The SMILES string of the molecule is NCC=CCSc1ccncc1. The summed E-state index contributed by atoms with van der Waals surface area (Å²) in [6.07, 6.45) is 7.64. The topological polar surface area (TPSA) is 38.9 Å². The molecule has 3 heteroatoms. The van der Waals surface area contributed by atoms with E-state index in [2.05, 4.69) is 11.1 Å². The van der Waals surface area contributed by atoms with Gasteiger partial charge >= 0.3 is 0 Å². The fourth-order valence-corrected chi connectivity index (χ4v) is 1.48. The van der Waals surface area contributed by atoms with Gasteiger partial charge in [-0.3, -0.25) is 4.98 Å². The standard InChI is InChI=1S/C9H12N2S/c10-5-1-2-8-12-9-3-6-11-7-4-9/h1-4,6-7H,5,8,10H2. The van der Waals surface area contributed by atoms with E-state index in [1.165, 1.54) is 4.90 Å². The maximum absolute atomic E-state index is 5.30. The Bertz CT molecular complexity index is 234. The molecule has 1 aromatic heterocycles. The average molecular weight is 180 g/mol. The molecule has 0 aromatic carbocycles. The van der Waals surface area contributed by atoms with Crippen LogP contribution in [0.2, 0.25) is 0 Å². The Labute approximate surface area is 76.9 Å². The lowest BCUT2D eigenvalue weighted by atomic mass is 10.5. The first-order valence-electron chi connectivity index (χ1n) is 3.81. The summed E-state index contributed by atoms with van der Waals surface area (Å²) in [6.45, 7) is 0.622. The highest BCUT2D eigenvalue weighted by Gasteiger charge is 1.87. The van der Waals surface area contributed by atoms with E-state index in [1.807, 2.05) is 18.2 Å². The van der Waals surface area contributed by atoms with Gasteiger partial charge in [-0.1, -0.05) is 12.2 Å². The molecule has 0 aliphatic carbocycles. The van der Waals surface area contributed by atoms with Gasteiger partial charge in [-0.2, -0.15) is 0 Å². The molecule has 2 nitrogen and oxygen atoms in total. The summed E-state index contributed by atoms with van der Waals surface area (Å²) in [7, 11) is 0. The van der Waals surface area contributed by atoms with Gasteiger partial charge in [-0.05, 0) is 12.1 Å². The van der Waals surface area contributed by atoms with Gasteiger partial charge in [-0.25, -0.2) is 0 Å². The smallest absolute Gasteiger partial charge is 0.0278 e. The monoisotopic (exact) mass is 180 g/mol. The Morgan fingerprint density at radius 3 is 2.75 bits per heavy atom. The number of nitrogens with zero attached hydrogens (tertiary/aromatic N) is 1. The van der Waals surface area contributed by atoms with E-state index >= 15 is 0 Å². The molecule has 12 heavy (non-hydrogen) atoms. The van der Waals surface area contributed by atoms with Crippen molar-refractivity contribution in [2.75, 3.05) is 12.3 Å². The Balaban J connectivity index is 2.29. The number of pyridine rings is 1. The molecule has 1 heterocycles. The summed E-state index contributed by atoms with van der Waals surface area (Å²) in [6, 6.07) is 4.00. The highest BCUT2D eigenvalue weighted by molar-refractivity contribution is 7.99. The van der Waals surface area contributed by atoms with Crippen LogP contribution in [0.4, 0.5) is 0 Å². The molecule has 0 aliphatic rings. The molecule has 2 N–H and O–H groups in total. The highest BCUT2D eigenvalue weighted by Crippen LogP contribution is 2.15. The molecule has 0 atom stereocenters. The van der Waals surface area contributed by atoms with Crippen molar-refractivity contribution in [3.8, 4) is 0 Å². The van der Waals surface area contributed by atoms with Gasteiger partial charge in [0.1, 0.15) is 0 Å². The van der Waals surface area contributed by atoms with E-state index in [1.54, 1.807) is 24.2 Å². The van der Waals surface area contributed by atoms with Crippen LogP contribution in [-0.4, -0.2) is 17.3 Å². The van der Waals surface area contributed by atoms with Crippen molar-refractivity contribution in [3.63, 3.8) is 0 Å². The fraction of sp³-hybridized carbons (Fsp3) is 0.222. The van der Waals surface area contributed by atoms with Crippen molar-refractivity contribution in [1.82, 2.24) is 4.98 Å². The lowest BCUT2D eigenvalue weighted by Gasteiger charge is -1.95. The molecule has 0 bridgehead atoms. The van der Waals surface area contributed by atoms with Crippen LogP contribution >= 0.6 is 11.8 Å². The number of rotatable bonds is 4. The zero-order chi connectivity index (χ0) is 8.65. The van der Waals surface area contributed by atoms with E-state index in [4.69, 9.17) is 5.73 Å². The summed E-state index contributed by atoms with van der Waals surface area (Å²) in [4.78, 5) is 5.18. The van der Waals surface area contributed by atoms with Gasteiger partial charge in [0.2, 0.25) is 0 Å². The Kier molecular flexibility index (Phi) is 4.49. The third-order valence-electron chi connectivity index (χ3n) is 1.30. The van der Waals surface area contributed by atoms with E-state index in [0.29, 0.717) is 6.54 Å². The van der Waals surface area contributed by atoms with Crippen LogP contribution in [-0.2, 0) is 0 Å². The van der Waals surface area contributed by atoms with E-state index < -0.39 is 0 Å². The number of nitrogens with two attached hydrogens (primary N) is 1. The Hall–Kier alpha value is -0.800. The molecule has 1 rings (SSSR count). The summed E-state index contributed by atoms with van der Waals surface area (Å²) in [5, 5.41) is 0. The summed E-state index contributed by atoms with van der Waals surface area (Å²) >= 11 is 1.78.